The fraction of sp³-hybridized carbons (Fsp3) is 0.250. The van der Waals surface area contributed by atoms with Crippen molar-refractivity contribution in [3.05, 3.63) is 40.6 Å². The van der Waals surface area contributed by atoms with Crippen LogP contribution < -0.4 is 5.32 Å². The first-order chi connectivity index (χ1) is 8.69. The van der Waals surface area contributed by atoms with E-state index in [4.69, 9.17) is 5.11 Å². The quantitative estimate of drug-likeness (QED) is 0.789. The van der Waals surface area contributed by atoms with Gasteiger partial charge in [0.15, 0.2) is 0 Å². The number of phenols is 1. The normalized spacial score (nSPS) is 10.6. The SMILES string of the molecule is OCCn1cc(NCc2cc(Br)ccc2O)cn1. The van der Waals surface area contributed by atoms with Crippen molar-refractivity contribution in [2.24, 2.45) is 0 Å². The van der Waals surface area contributed by atoms with Crippen molar-refractivity contribution in [3.63, 3.8) is 0 Å². The first-order valence-corrected chi connectivity index (χ1v) is 6.33. The van der Waals surface area contributed by atoms with E-state index in [0.717, 1.165) is 15.7 Å². The first-order valence-electron chi connectivity index (χ1n) is 5.53. The van der Waals surface area contributed by atoms with Gasteiger partial charge in [-0.05, 0) is 18.2 Å². The fourth-order valence-corrected chi connectivity index (χ4v) is 1.98. The van der Waals surface area contributed by atoms with E-state index >= 15 is 0 Å². The molecule has 0 atom stereocenters. The van der Waals surface area contributed by atoms with Gasteiger partial charge >= 0.3 is 0 Å². The molecule has 0 radical (unpaired) electrons. The van der Waals surface area contributed by atoms with Crippen LogP contribution in [-0.2, 0) is 13.1 Å². The molecule has 2 rings (SSSR count). The van der Waals surface area contributed by atoms with Gasteiger partial charge in [0.25, 0.3) is 0 Å². The van der Waals surface area contributed by atoms with Crippen LogP contribution in [0.3, 0.4) is 0 Å². The topological polar surface area (TPSA) is 70.3 Å². The fourth-order valence-electron chi connectivity index (χ4n) is 1.57. The minimum atomic E-state index is 0.0630. The van der Waals surface area contributed by atoms with Crippen LogP contribution in [-0.4, -0.2) is 26.6 Å². The van der Waals surface area contributed by atoms with E-state index in [2.05, 4.69) is 26.3 Å². The summed E-state index contributed by atoms with van der Waals surface area (Å²) in [6.07, 6.45) is 3.50. The molecule has 5 nitrogen and oxygen atoms in total. The molecule has 0 bridgehead atoms. The number of rotatable bonds is 5. The van der Waals surface area contributed by atoms with Crippen LogP contribution in [0.2, 0.25) is 0 Å². The predicted octanol–water partition coefficient (Wildman–Crippen LogP) is 1.96. The minimum absolute atomic E-state index is 0.0630. The van der Waals surface area contributed by atoms with Crippen molar-refractivity contribution in [1.82, 2.24) is 9.78 Å². The molecule has 0 fully saturated rings. The van der Waals surface area contributed by atoms with Gasteiger partial charge in [-0.3, -0.25) is 4.68 Å². The molecule has 0 aliphatic carbocycles. The van der Waals surface area contributed by atoms with Crippen LogP contribution in [0.5, 0.6) is 5.75 Å². The van der Waals surface area contributed by atoms with Gasteiger partial charge < -0.3 is 15.5 Å². The number of hydrogen-bond donors (Lipinski definition) is 3. The third-order valence-corrected chi connectivity index (χ3v) is 2.98. The van der Waals surface area contributed by atoms with Crippen molar-refractivity contribution in [1.29, 1.82) is 0 Å². The van der Waals surface area contributed by atoms with Crippen LogP contribution in [0.1, 0.15) is 5.56 Å². The molecule has 1 aromatic carbocycles. The second-order valence-electron chi connectivity index (χ2n) is 3.84. The summed E-state index contributed by atoms with van der Waals surface area (Å²) in [6, 6.07) is 5.30. The van der Waals surface area contributed by atoms with Crippen LogP contribution in [0.4, 0.5) is 5.69 Å². The number of aromatic hydroxyl groups is 1. The highest BCUT2D eigenvalue weighted by Gasteiger charge is 2.03. The molecule has 18 heavy (non-hydrogen) atoms. The molecule has 1 aromatic heterocycles. The number of nitrogens with zero attached hydrogens (tertiary/aromatic N) is 2. The second-order valence-corrected chi connectivity index (χ2v) is 4.76. The number of aliphatic hydroxyl groups excluding tert-OH is 1. The average Bonchev–Trinajstić information content (AvgIpc) is 2.79. The molecule has 96 valence electrons. The number of nitrogens with one attached hydrogen (secondary N) is 1. The highest BCUT2D eigenvalue weighted by atomic mass is 79.9. The first kappa shape index (κ1) is 12.9. The molecule has 0 amide bonds. The monoisotopic (exact) mass is 311 g/mol. The Morgan fingerprint density at radius 2 is 2.22 bits per heavy atom. The molecule has 0 aliphatic rings. The number of hydrogen-bond acceptors (Lipinski definition) is 4. The zero-order valence-electron chi connectivity index (χ0n) is 9.67. The standard InChI is InChI=1S/C12H14BrN3O2/c13-10-1-2-12(18)9(5-10)6-14-11-7-15-16(8-11)3-4-17/h1-2,5,7-8,14,17-18H,3-4,6H2. The van der Waals surface area contributed by atoms with E-state index in [-0.39, 0.29) is 12.4 Å². The Hall–Kier alpha value is -1.53. The van der Waals surface area contributed by atoms with Gasteiger partial charge in [-0.25, -0.2) is 0 Å². The lowest BCUT2D eigenvalue weighted by Crippen LogP contribution is -2.02. The lowest BCUT2D eigenvalue weighted by molar-refractivity contribution is 0.269. The number of aromatic nitrogens is 2. The van der Waals surface area contributed by atoms with Gasteiger partial charge in [-0.1, -0.05) is 15.9 Å². The Bertz CT molecular complexity index is 528. The van der Waals surface area contributed by atoms with Crippen LogP contribution in [0, 0.1) is 0 Å². The summed E-state index contributed by atoms with van der Waals surface area (Å²) in [7, 11) is 0. The van der Waals surface area contributed by atoms with E-state index in [9.17, 15) is 5.11 Å². The lowest BCUT2D eigenvalue weighted by Gasteiger charge is -2.06. The Morgan fingerprint density at radius 3 is 3.00 bits per heavy atom. The molecule has 2 aromatic rings. The van der Waals surface area contributed by atoms with Crippen molar-refractivity contribution >= 4 is 21.6 Å². The third-order valence-electron chi connectivity index (χ3n) is 2.49. The Labute approximate surface area is 113 Å². The molecule has 1 heterocycles. The molecule has 0 unspecified atom stereocenters. The van der Waals surface area contributed by atoms with Gasteiger partial charge in [-0.15, -0.1) is 0 Å². The van der Waals surface area contributed by atoms with Crippen LogP contribution in [0.15, 0.2) is 35.1 Å². The predicted molar refractivity (Wildman–Crippen MR) is 72.4 cm³/mol. The Balaban J connectivity index is 1.99. The maximum absolute atomic E-state index is 9.69. The maximum Gasteiger partial charge on any atom is 0.120 e. The molecule has 0 saturated heterocycles. The summed E-state index contributed by atoms with van der Waals surface area (Å²) >= 11 is 3.36. The molecular formula is C12H14BrN3O2. The molecule has 3 N–H and O–H groups in total. The number of anilines is 1. The van der Waals surface area contributed by atoms with E-state index in [1.807, 2.05) is 12.3 Å². The summed E-state index contributed by atoms with van der Waals surface area (Å²) < 4.78 is 2.58. The van der Waals surface area contributed by atoms with Gasteiger partial charge in [-0.2, -0.15) is 5.10 Å². The number of benzene rings is 1. The molecule has 0 spiro atoms. The van der Waals surface area contributed by atoms with Gasteiger partial charge in [0.05, 0.1) is 25.0 Å². The van der Waals surface area contributed by atoms with Gasteiger partial charge in [0.1, 0.15) is 5.75 Å². The maximum atomic E-state index is 9.69. The van der Waals surface area contributed by atoms with E-state index in [1.54, 1.807) is 23.0 Å². The summed E-state index contributed by atoms with van der Waals surface area (Å²) in [4.78, 5) is 0. The largest absolute Gasteiger partial charge is 0.508 e. The summed E-state index contributed by atoms with van der Waals surface area (Å²) in [6.45, 7) is 1.05. The smallest absolute Gasteiger partial charge is 0.120 e. The van der Waals surface area contributed by atoms with Gasteiger partial charge in [0, 0.05) is 22.8 Å². The van der Waals surface area contributed by atoms with Crippen LogP contribution >= 0.6 is 15.9 Å². The van der Waals surface area contributed by atoms with Crippen molar-refractivity contribution in [3.8, 4) is 5.75 Å². The highest BCUT2D eigenvalue weighted by molar-refractivity contribution is 9.10. The zero-order chi connectivity index (χ0) is 13.0. The Kier molecular flexibility index (Phi) is 4.22. The Morgan fingerprint density at radius 1 is 1.39 bits per heavy atom. The van der Waals surface area contributed by atoms with Crippen molar-refractivity contribution in [2.75, 3.05) is 11.9 Å². The second kappa shape index (κ2) is 5.88. The van der Waals surface area contributed by atoms with Crippen molar-refractivity contribution < 1.29 is 10.2 Å². The third kappa shape index (κ3) is 3.24. The molecular weight excluding hydrogens is 298 g/mol. The van der Waals surface area contributed by atoms with Crippen LogP contribution in [0.25, 0.3) is 0 Å². The zero-order valence-corrected chi connectivity index (χ0v) is 11.3. The summed E-state index contributed by atoms with van der Waals surface area (Å²) in [5.41, 5.74) is 1.65. The van der Waals surface area contributed by atoms with E-state index in [0.29, 0.717) is 13.1 Å². The minimum Gasteiger partial charge on any atom is -0.508 e. The highest BCUT2D eigenvalue weighted by Crippen LogP contribution is 2.22. The van der Waals surface area contributed by atoms with E-state index < -0.39 is 0 Å². The molecule has 0 saturated carbocycles. The molecule has 6 heteroatoms. The summed E-state index contributed by atoms with van der Waals surface area (Å²) in [5, 5.41) is 25.7. The van der Waals surface area contributed by atoms with Gasteiger partial charge in [0.2, 0.25) is 0 Å². The average molecular weight is 312 g/mol. The lowest BCUT2D eigenvalue weighted by atomic mass is 10.2. The number of aliphatic hydroxyl groups is 1. The number of phenolic OH excluding ortho intramolecular Hbond substituents is 1. The van der Waals surface area contributed by atoms with E-state index in [1.165, 1.54) is 0 Å². The molecule has 0 aliphatic heterocycles. The van der Waals surface area contributed by atoms with Crippen molar-refractivity contribution in [2.45, 2.75) is 13.1 Å². The summed E-state index contributed by atoms with van der Waals surface area (Å²) in [5.74, 6) is 0.258. The number of halogens is 1.